The lowest BCUT2D eigenvalue weighted by Gasteiger charge is -2.44. The first-order valence-electron chi connectivity index (χ1n) is 10.3. The Morgan fingerprint density at radius 3 is 2.83 bits per heavy atom. The van der Waals surface area contributed by atoms with Gasteiger partial charge < -0.3 is 10.2 Å². The number of carbonyl (C=O) groups excluding carboxylic acids is 1. The molecule has 1 amide bonds. The van der Waals surface area contributed by atoms with Crippen LogP contribution in [-0.2, 0) is 9.59 Å². The number of likely N-dealkylation sites (tertiary alicyclic amines) is 1. The van der Waals surface area contributed by atoms with Gasteiger partial charge in [-0.2, -0.15) is 0 Å². The van der Waals surface area contributed by atoms with Gasteiger partial charge in [-0.3, -0.25) is 14.6 Å². The molecule has 2 N–H and O–H groups in total. The van der Waals surface area contributed by atoms with Gasteiger partial charge in [0.1, 0.15) is 5.37 Å². The summed E-state index contributed by atoms with van der Waals surface area (Å²) in [5.41, 5.74) is 1.28. The molecule has 3 heterocycles. The van der Waals surface area contributed by atoms with E-state index in [0.29, 0.717) is 15.9 Å². The van der Waals surface area contributed by atoms with Gasteiger partial charge in [0.25, 0.3) is 0 Å². The molecule has 0 radical (unpaired) electrons. The van der Waals surface area contributed by atoms with Crippen LogP contribution in [0.5, 0.6) is 0 Å². The molecule has 1 aromatic carbocycles. The molecule has 6 nitrogen and oxygen atoms in total. The smallest absolute Gasteiger partial charge is 0.354 e. The van der Waals surface area contributed by atoms with Crippen LogP contribution in [-0.4, -0.2) is 68.3 Å². The Bertz CT molecular complexity index is 873. The summed E-state index contributed by atoms with van der Waals surface area (Å²) in [5.74, 6) is -1.84. The minimum atomic E-state index is -1.06. The molecular formula is C22H26N2O4S2. The standard InChI is InChI=1S/C22H26N2O4S2/c1-2-16(25)17-19(26)24-18(21(27)28)22(30-20(17)24)29-15-10-12-23(13-15)11-6-9-14-7-4-3-5-8-14/h3-9,15-17,20,25H,2,10-13H2,1H3,(H,27,28)/b9-6+. The number of carbonyl (C=O) groups is 2. The molecule has 1 aromatic rings. The van der Waals surface area contributed by atoms with E-state index in [2.05, 4.69) is 29.2 Å². The molecular weight excluding hydrogens is 420 g/mol. The third-order valence-corrected chi connectivity index (χ3v) is 8.61. The van der Waals surface area contributed by atoms with Crippen molar-refractivity contribution in [3.63, 3.8) is 0 Å². The normalized spacial score (nSPS) is 27.6. The molecule has 2 fully saturated rings. The van der Waals surface area contributed by atoms with Crippen LogP contribution >= 0.6 is 23.5 Å². The number of rotatable bonds is 8. The van der Waals surface area contributed by atoms with Crippen molar-refractivity contribution in [1.29, 1.82) is 0 Å². The minimum Gasteiger partial charge on any atom is -0.477 e. The lowest BCUT2D eigenvalue weighted by molar-refractivity contribution is -0.157. The number of amides is 1. The Morgan fingerprint density at radius 2 is 2.13 bits per heavy atom. The topological polar surface area (TPSA) is 81.1 Å². The molecule has 3 aliphatic rings. The van der Waals surface area contributed by atoms with Gasteiger partial charge in [-0.25, -0.2) is 4.79 Å². The monoisotopic (exact) mass is 446 g/mol. The molecule has 3 aliphatic heterocycles. The zero-order valence-corrected chi connectivity index (χ0v) is 18.4. The van der Waals surface area contributed by atoms with Gasteiger partial charge >= 0.3 is 5.97 Å². The highest BCUT2D eigenvalue weighted by Gasteiger charge is 2.58. The Morgan fingerprint density at radius 1 is 1.37 bits per heavy atom. The van der Waals surface area contributed by atoms with Gasteiger partial charge in [-0.1, -0.05) is 61.2 Å². The lowest BCUT2D eigenvalue weighted by Crippen LogP contribution is -2.61. The summed E-state index contributed by atoms with van der Waals surface area (Å²) in [4.78, 5) is 28.0. The number of aliphatic hydroxyl groups excluding tert-OH is 1. The third-order valence-electron chi connectivity index (χ3n) is 5.76. The molecule has 0 aromatic heterocycles. The van der Waals surface area contributed by atoms with E-state index < -0.39 is 18.0 Å². The zero-order valence-electron chi connectivity index (χ0n) is 16.8. The third kappa shape index (κ3) is 4.19. The predicted octanol–water partition coefficient (Wildman–Crippen LogP) is 3.06. The second kappa shape index (κ2) is 9.18. The Kier molecular flexibility index (Phi) is 6.57. The number of aliphatic carboxylic acids is 1. The summed E-state index contributed by atoms with van der Waals surface area (Å²) in [7, 11) is 0. The SMILES string of the molecule is CCC(O)C1C(=O)N2C(C(=O)O)=C(SC3CCN(C/C=C/c4ccccc4)C3)SC12. The highest BCUT2D eigenvalue weighted by Crippen LogP contribution is 2.55. The summed E-state index contributed by atoms with van der Waals surface area (Å²) in [6, 6.07) is 10.2. The Labute approximate surface area is 185 Å². The molecule has 4 atom stereocenters. The van der Waals surface area contributed by atoms with Crippen molar-refractivity contribution in [3.8, 4) is 0 Å². The first kappa shape index (κ1) is 21.5. The van der Waals surface area contributed by atoms with E-state index in [-0.39, 0.29) is 17.0 Å². The van der Waals surface area contributed by atoms with Crippen molar-refractivity contribution in [2.75, 3.05) is 19.6 Å². The van der Waals surface area contributed by atoms with E-state index in [1.807, 2.05) is 25.1 Å². The number of nitrogens with zero attached hydrogens (tertiary/aromatic N) is 2. The maximum absolute atomic E-state index is 12.5. The zero-order chi connectivity index (χ0) is 21.3. The van der Waals surface area contributed by atoms with Crippen molar-refractivity contribution in [1.82, 2.24) is 9.80 Å². The van der Waals surface area contributed by atoms with Crippen LogP contribution in [0, 0.1) is 5.92 Å². The second-order valence-electron chi connectivity index (χ2n) is 7.76. The molecule has 4 rings (SSSR count). The van der Waals surface area contributed by atoms with E-state index in [9.17, 15) is 19.8 Å². The van der Waals surface area contributed by atoms with E-state index in [4.69, 9.17) is 0 Å². The van der Waals surface area contributed by atoms with Crippen LogP contribution in [0.4, 0.5) is 0 Å². The van der Waals surface area contributed by atoms with E-state index in [0.717, 1.165) is 26.1 Å². The average molecular weight is 447 g/mol. The van der Waals surface area contributed by atoms with Crippen LogP contribution in [0.25, 0.3) is 6.08 Å². The van der Waals surface area contributed by atoms with Gasteiger partial charge in [0, 0.05) is 18.3 Å². The highest BCUT2D eigenvalue weighted by molar-refractivity contribution is 8.23. The van der Waals surface area contributed by atoms with Crippen LogP contribution in [0.2, 0.25) is 0 Å². The number of hydrogen-bond acceptors (Lipinski definition) is 6. The van der Waals surface area contributed by atoms with Crippen LogP contribution in [0.15, 0.2) is 46.3 Å². The van der Waals surface area contributed by atoms with Gasteiger partial charge in [0.15, 0.2) is 5.70 Å². The molecule has 160 valence electrons. The Hall–Kier alpha value is -1.74. The molecule has 0 aliphatic carbocycles. The number of hydrogen-bond donors (Lipinski definition) is 2. The number of thioether (sulfide) groups is 2. The van der Waals surface area contributed by atoms with E-state index in [1.165, 1.54) is 22.2 Å². The molecule has 30 heavy (non-hydrogen) atoms. The van der Waals surface area contributed by atoms with Gasteiger partial charge in [-0.05, 0) is 24.9 Å². The van der Waals surface area contributed by atoms with Crippen molar-refractivity contribution in [2.45, 2.75) is 36.5 Å². The summed E-state index contributed by atoms with van der Waals surface area (Å²) in [5, 5.41) is 19.9. The molecule has 0 spiro atoms. The van der Waals surface area contributed by atoms with Crippen molar-refractivity contribution in [3.05, 3.63) is 51.9 Å². The fourth-order valence-corrected chi connectivity index (χ4v) is 7.42. The van der Waals surface area contributed by atoms with Crippen LogP contribution < -0.4 is 0 Å². The molecule has 0 bridgehead atoms. The summed E-state index contributed by atoms with van der Waals surface area (Å²) < 4.78 is 0.707. The van der Waals surface area contributed by atoms with E-state index in [1.54, 1.807) is 11.8 Å². The first-order valence-corrected chi connectivity index (χ1v) is 12.0. The fourth-order valence-electron chi connectivity index (χ4n) is 4.11. The van der Waals surface area contributed by atoms with Crippen molar-refractivity contribution >= 4 is 41.5 Å². The maximum atomic E-state index is 12.5. The number of aliphatic hydroxyl groups is 1. The summed E-state index contributed by atoms with van der Waals surface area (Å²) in [6.07, 6.45) is 5.04. The average Bonchev–Trinajstić information content (AvgIpc) is 3.31. The number of benzene rings is 1. The summed E-state index contributed by atoms with van der Waals surface area (Å²) >= 11 is 3.01. The van der Waals surface area contributed by atoms with Crippen LogP contribution in [0.1, 0.15) is 25.3 Å². The number of carboxylic acid groups (broad SMARTS) is 1. The number of fused-ring (bicyclic) bond motifs is 1. The second-order valence-corrected chi connectivity index (χ2v) is 10.5. The van der Waals surface area contributed by atoms with Crippen molar-refractivity contribution < 1.29 is 19.8 Å². The molecule has 8 heteroatoms. The minimum absolute atomic E-state index is 0.0991. The number of β-lactam (4-membered cyclic amide) rings is 1. The highest BCUT2D eigenvalue weighted by atomic mass is 32.2. The van der Waals surface area contributed by atoms with Crippen LogP contribution in [0.3, 0.4) is 0 Å². The maximum Gasteiger partial charge on any atom is 0.354 e. The fraction of sp³-hybridized carbons (Fsp3) is 0.455. The van der Waals surface area contributed by atoms with Gasteiger partial charge in [0.05, 0.1) is 16.3 Å². The predicted molar refractivity (Wildman–Crippen MR) is 121 cm³/mol. The lowest BCUT2D eigenvalue weighted by atomic mass is 9.90. The van der Waals surface area contributed by atoms with Gasteiger partial charge in [0.2, 0.25) is 5.91 Å². The van der Waals surface area contributed by atoms with Crippen molar-refractivity contribution in [2.24, 2.45) is 5.92 Å². The summed E-state index contributed by atoms with van der Waals surface area (Å²) in [6.45, 7) is 4.56. The quantitative estimate of drug-likeness (QED) is 0.594. The number of carboxylic acids is 1. The molecule has 4 unspecified atom stereocenters. The molecule has 0 saturated carbocycles. The Balaban J connectivity index is 1.36. The molecule has 2 saturated heterocycles. The van der Waals surface area contributed by atoms with E-state index >= 15 is 0 Å². The first-order chi connectivity index (χ1) is 14.5. The van der Waals surface area contributed by atoms with Gasteiger partial charge in [-0.15, -0.1) is 11.8 Å². The largest absolute Gasteiger partial charge is 0.477 e.